The van der Waals surface area contributed by atoms with Crippen molar-refractivity contribution in [2.45, 2.75) is 34.3 Å². The summed E-state index contributed by atoms with van der Waals surface area (Å²) in [4.78, 5) is 21.9. The molecular formula is C24H24BrFO4. The number of fused-ring (bicyclic) bond motifs is 1. The predicted octanol–water partition coefficient (Wildman–Crippen LogP) is 6.64. The minimum Gasteiger partial charge on any atom is -0.487 e. The van der Waals surface area contributed by atoms with E-state index in [0.29, 0.717) is 21.3 Å². The molecule has 4 nitrogen and oxygen atoms in total. The molecule has 30 heavy (non-hydrogen) atoms. The van der Waals surface area contributed by atoms with Crippen molar-refractivity contribution in [3.05, 3.63) is 76.0 Å². The maximum absolute atomic E-state index is 13.9. The van der Waals surface area contributed by atoms with Gasteiger partial charge in [-0.3, -0.25) is 9.59 Å². The summed E-state index contributed by atoms with van der Waals surface area (Å²) in [7, 11) is 0. The van der Waals surface area contributed by atoms with Gasteiger partial charge in [-0.15, -0.1) is 0 Å². The lowest BCUT2D eigenvalue weighted by Crippen LogP contribution is -2.18. The van der Waals surface area contributed by atoms with Gasteiger partial charge in [0.05, 0.1) is 11.0 Å². The van der Waals surface area contributed by atoms with E-state index in [-0.39, 0.29) is 18.2 Å². The number of hydrogen-bond donors (Lipinski definition) is 1. The lowest BCUT2D eigenvalue weighted by molar-refractivity contribution is -0.145. The highest BCUT2D eigenvalue weighted by atomic mass is 79.9. The molecule has 158 valence electrons. The number of hydrogen-bond acceptors (Lipinski definition) is 3. The standard InChI is InChI=1S/C19H14BrFO2.C5H10O2/c1-12(22)16-9-7-13-4-2-3-5-17(13)19(16)23-11-14-6-8-15(20)10-18(14)21;1-5(2,3)4(6)7/h2-10H,11H2,1H3;1-3H3,(H,6,7). The van der Waals surface area contributed by atoms with Crippen LogP contribution in [0.3, 0.4) is 0 Å². The van der Waals surface area contributed by atoms with Gasteiger partial charge in [-0.25, -0.2) is 4.39 Å². The maximum atomic E-state index is 13.9. The molecule has 0 aliphatic rings. The van der Waals surface area contributed by atoms with Gasteiger partial charge >= 0.3 is 5.97 Å². The summed E-state index contributed by atoms with van der Waals surface area (Å²) in [5.41, 5.74) is 0.358. The first kappa shape index (κ1) is 23.5. The van der Waals surface area contributed by atoms with Gasteiger partial charge in [-0.1, -0.05) is 52.3 Å². The molecule has 0 bridgehead atoms. The summed E-state index contributed by atoms with van der Waals surface area (Å²) in [6, 6.07) is 16.1. The molecule has 0 saturated heterocycles. The number of carboxylic acids is 1. The van der Waals surface area contributed by atoms with Crippen LogP contribution < -0.4 is 4.74 Å². The summed E-state index contributed by atoms with van der Waals surface area (Å²) in [6.07, 6.45) is 0. The van der Waals surface area contributed by atoms with E-state index >= 15 is 0 Å². The lowest BCUT2D eigenvalue weighted by Gasteiger charge is -2.13. The average Bonchev–Trinajstić information content (AvgIpc) is 2.66. The number of rotatable bonds is 4. The number of benzene rings is 3. The monoisotopic (exact) mass is 474 g/mol. The molecule has 0 saturated carbocycles. The second kappa shape index (κ2) is 9.85. The maximum Gasteiger partial charge on any atom is 0.308 e. The van der Waals surface area contributed by atoms with Crippen LogP contribution in [-0.4, -0.2) is 16.9 Å². The van der Waals surface area contributed by atoms with Crippen LogP contribution in [0.5, 0.6) is 5.75 Å². The van der Waals surface area contributed by atoms with Crippen molar-refractivity contribution < 1.29 is 23.8 Å². The predicted molar refractivity (Wildman–Crippen MR) is 119 cm³/mol. The van der Waals surface area contributed by atoms with Gasteiger partial charge in [0, 0.05) is 15.4 Å². The first-order chi connectivity index (χ1) is 14.0. The second-order valence-corrected chi connectivity index (χ2v) is 8.71. The zero-order chi connectivity index (χ0) is 22.5. The molecule has 1 N–H and O–H groups in total. The number of aliphatic carboxylic acids is 1. The molecule has 3 aromatic carbocycles. The number of ketones is 1. The molecule has 0 amide bonds. The summed E-state index contributed by atoms with van der Waals surface area (Å²) in [5, 5.41) is 10.1. The molecule has 3 rings (SSSR count). The van der Waals surface area contributed by atoms with Crippen LogP contribution in [0, 0.1) is 11.2 Å². The van der Waals surface area contributed by atoms with Crippen molar-refractivity contribution in [3.63, 3.8) is 0 Å². The van der Waals surface area contributed by atoms with E-state index in [1.165, 1.54) is 13.0 Å². The molecule has 0 atom stereocenters. The van der Waals surface area contributed by atoms with Gasteiger partial charge in [0.25, 0.3) is 0 Å². The summed E-state index contributed by atoms with van der Waals surface area (Å²) >= 11 is 3.23. The molecule has 0 spiro atoms. The number of ether oxygens (including phenoxy) is 1. The third-order valence-corrected chi connectivity index (χ3v) is 4.78. The molecule has 6 heteroatoms. The average molecular weight is 475 g/mol. The number of halogens is 2. The van der Waals surface area contributed by atoms with Crippen molar-refractivity contribution in [2.75, 3.05) is 0 Å². The quantitative estimate of drug-likeness (QED) is 0.430. The van der Waals surface area contributed by atoms with Crippen molar-refractivity contribution >= 4 is 38.5 Å². The number of carbonyl (C=O) groups excluding carboxylic acids is 1. The molecule has 0 radical (unpaired) electrons. The van der Waals surface area contributed by atoms with Crippen LogP contribution in [0.1, 0.15) is 43.6 Å². The highest BCUT2D eigenvalue weighted by Crippen LogP contribution is 2.31. The number of carbonyl (C=O) groups is 2. The Kier molecular flexibility index (Phi) is 7.73. The van der Waals surface area contributed by atoms with Crippen molar-refractivity contribution in [3.8, 4) is 5.75 Å². The van der Waals surface area contributed by atoms with Crippen LogP contribution in [0.25, 0.3) is 10.8 Å². The summed E-state index contributed by atoms with van der Waals surface area (Å²) in [5.74, 6) is -0.684. The van der Waals surface area contributed by atoms with E-state index in [4.69, 9.17) is 9.84 Å². The first-order valence-electron chi connectivity index (χ1n) is 9.33. The van der Waals surface area contributed by atoms with Crippen LogP contribution in [0.2, 0.25) is 0 Å². The SMILES string of the molecule is CC(=O)c1ccc2ccccc2c1OCc1ccc(Br)cc1F.CC(C)(C)C(=O)O. The second-order valence-electron chi connectivity index (χ2n) is 7.80. The Bertz CT molecular complexity index is 1070. The smallest absolute Gasteiger partial charge is 0.308 e. The van der Waals surface area contributed by atoms with Gasteiger partial charge in [-0.2, -0.15) is 0 Å². The minimum absolute atomic E-state index is 0.0629. The van der Waals surface area contributed by atoms with Crippen LogP contribution in [0.15, 0.2) is 59.1 Å². The van der Waals surface area contributed by atoms with E-state index in [1.54, 1.807) is 39.0 Å². The fourth-order valence-corrected chi connectivity index (χ4v) is 2.80. The van der Waals surface area contributed by atoms with Gasteiger partial charge in [0.1, 0.15) is 18.2 Å². The third-order valence-electron chi connectivity index (χ3n) is 4.29. The fraction of sp³-hybridized carbons (Fsp3) is 0.250. The number of Topliss-reactive ketones (excluding diaryl/α,β-unsaturated/α-hetero) is 1. The van der Waals surface area contributed by atoms with Gasteiger partial charge in [0.15, 0.2) is 5.78 Å². The fourth-order valence-electron chi connectivity index (χ4n) is 2.46. The summed E-state index contributed by atoms with van der Waals surface area (Å²) < 4.78 is 20.5. The van der Waals surface area contributed by atoms with Gasteiger partial charge in [-0.05, 0) is 51.3 Å². The molecule has 0 unspecified atom stereocenters. The van der Waals surface area contributed by atoms with Gasteiger partial charge in [0.2, 0.25) is 0 Å². The highest BCUT2D eigenvalue weighted by molar-refractivity contribution is 9.10. The van der Waals surface area contributed by atoms with Crippen LogP contribution >= 0.6 is 15.9 Å². The topological polar surface area (TPSA) is 63.6 Å². The largest absolute Gasteiger partial charge is 0.487 e. The molecule has 0 aromatic heterocycles. The van der Waals surface area contributed by atoms with Crippen molar-refractivity contribution in [1.29, 1.82) is 0 Å². The number of carboxylic acid groups (broad SMARTS) is 1. The third kappa shape index (κ3) is 6.13. The summed E-state index contributed by atoms with van der Waals surface area (Å²) in [6.45, 7) is 6.55. The molecule has 0 heterocycles. The zero-order valence-corrected chi connectivity index (χ0v) is 18.9. The van der Waals surface area contributed by atoms with Crippen molar-refractivity contribution in [1.82, 2.24) is 0 Å². The minimum atomic E-state index is -0.757. The van der Waals surface area contributed by atoms with Crippen molar-refractivity contribution in [2.24, 2.45) is 5.41 Å². The van der Waals surface area contributed by atoms with E-state index in [2.05, 4.69) is 15.9 Å². The Morgan fingerprint density at radius 2 is 1.70 bits per heavy atom. The van der Waals surface area contributed by atoms with E-state index in [0.717, 1.165) is 10.8 Å². The normalized spacial score (nSPS) is 10.9. The first-order valence-corrected chi connectivity index (χ1v) is 10.1. The van der Waals surface area contributed by atoms with E-state index < -0.39 is 11.4 Å². The van der Waals surface area contributed by atoms with E-state index in [9.17, 15) is 14.0 Å². The molecule has 0 aliphatic heterocycles. The Morgan fingerprint density at radius 1 is 1.07 bits per heavy atom. The zero-order valence-electron chi connectivity index (χ0n) is 17.3. The molecular weight excluding hydrogens is 451 g/mol. The lowest BCUT2D eigenvalue weighted by atomic mass is 9.98. The highest BCUT2D eigenvalue weighted by Gasteiger charge is 2.18. The van der Waals surface area contributed by atoms with Crippen LogP contribution in [-0.2, 0) is 11.4 Å². The molecule has 0 aliphatic carbocycles. The Morgan fingerprint density at radius 3 is 2.27 bits per heavy atom. The Labute approximate surface area is 183 Å². The Hall–Kier alpha value is -2.73. The Balaban J connectivity index is 0.000000396. The molecule has 3 aromatic rings. The van der Waals surface area contributed by atoms with Gasteiger partial charge < -0.3 is 9.84 Å². The molecule has 0 fully saturated rings. The van der Waals surface area contributed by atoms with E-state index in [1.807, 2.05) is 30.3 Å². The van der Waals surface area contributed by atoms with Crippen LogP contribution in [0.4, 0.5) is 4.39 Å².